The Morgan fingerprint density at radius 2 is 2.20 bits per heavy atom. The van der Waals surface area contributed by atoms with Crippen LogP contribution in [0.2, 0.25) is 0 Å². The second-order valence-electron chi connectivity index (χ2n) is 5.17. The van der Waals surface area contributed by atoms with Crippen LogP contribution in [0.25, 0.3) is 0 Å². The zero-order chi connectivity index (χ0) is 14.4. The standard InChI is InChI=1S/C15H22N2O3/c1-17(9-13(18)11-19-2)10-14-8-15(16-20-14)12-6-4-3-5-7-12/h3-7,13-14,18H,8-11H2,1-2H3/t13-,14+/m1/s1. The van der Waals surface area contributed by atoms with Crippen molar-refractivity contribution in [3.63, 3.8) is 0 Å². The molecule has 1 N–H and O–H groups in total. The summed E-state index contributed by atoms with van der Waals surface area (Å²) in [6.07, 6.45) is 0.375. The Balaban J connectivity index is 1.77. The molecule has 0 fully saturated rings. The van der Waals surface area contributed by atoms with Gasteiger partial charge in [-0.15, -0.1) is 0 Å². The lowest BCUT2D eigenvalue weighted by Crippen LogP contribution is -2.36. The first-order valence-electron chi connectivity index (χ1n) is 6.82. The molecular weight excluding hydrogens is 256 g/mol. The van der Waals surface area contributed by atoms with Gasteiger partial charge >= 0.3 is 0 Å². The van der Waals surface area contributed by atoms with Crippen LogP contribution in [-0.4, -0.2) is 61.8 Å². The molecule has 5 nitrogen and oxygen atoms in total. The molecule has 20 heavy (non-hydrogen) atoms. The van der Waals surface area contributed by atoms with E-state index in [4.69, 9.17) is 9.57 Å². The van der Waals surface area contributed by atoms with Gasteiger partial charge in [-0.25, -0.2) is 0 Å². The van der Waals surface area contributed by atoms with E-state index in [1.165, 1.54) is 0 Å². The summed E-state index contributed by atoms with van der Waals surface area (Å²) < 4.78 is 4.92. The third-order valence-electron chi connectivity index (χ3n) is 3.24. The van der Waals surface area contributed by atoms with Crippen LogP contribution in [0.5, 0.6) is 0 Å². The molecule has 1 aromatic rings. The first-order chi connectivity index (χ1) is 9.69. The van der Waals surface area contributed by atoms with E-state index in [0.29, 0.717) is 13.2 Å². The van der Waals surface area contributed by atoms with Gasteiger partial charge in [-0.3, -0.25) is 4.90 Å². The van der Waals surface area contributed by atoms with Crippen molar-refractivity contribution in [2.24, 2.45) is 5.16 Å². The first-order valence-corrected chi connectivity index (χ1v) is 6.82. The normalized spacial score (nSPS) is 19.8. The van der Waals surface area contributed by atoms with Gasteiger partial charge < -0.3 is 14.7 Å². The van der Waals surface area contributed by atoms with E-state index in [-0.39, 0.29) is 6.10 Å². The van der Waals surface area contributed by atoms with Crippen LogP contribution in [0.4, 0.5) is 0 Å². The summed E-state index contributed by atoms with van der Waals surface area (Å²) in [6, 6.07) is 10.1. The summed E-state index contributed by atoms with van der Waals surface area (Å²) in [6.45, 7) is 1.65. The fraction of sp³-hybridized carbons (Fsp3) is 0.533. The largest absolute Gasteiger partial charge is 0.390 e. The maximum atomic E-state index is 9.69. The van der Waals surface area contributed by atoms with Crippen LogP contribution >= 0.6 is 0 Å². The van der Waals surface area contributed by atoms with Gasteiger partial charge in [-0.2, -0.15) is 0 Å². The molecule has 1 heterocycles. The Kier molecular flexibility index (Phi) is 5.52. The van der Waals surface area contributed by atoms with Crippen LogP contribution in [-0.2, 0) is 9.57 Å². The highest BCUT2D eigenvalue weighted by atomic mass is 16.6. The van der Waals surface area contributed by atoms with Gasteiger partial charge in [0.25, 0.3) is 0 Å². The van der Waals surface area contributed by atoms with Gasteiger partial charge in [0.1, 0.15) is 6.10 Å². The number of nitrogens with zero attached hydrogens (tertiary/aromatic N) is 2. The summed E-state index contributed by atoms with van der Waals surface area (Å²) in [5, 5.41) is 13.8. The molecule has 1 aliphatic heterocycles. The highest BCUT2D eigenvalue weighted by Gasteiger charge is 2.23. The van der Waals surface area contributed by atoms with Crippen molar-refractivity contribution in [3.8, 4) is 0 Å². The Morgan fingerprint density at radius 3 is 2.90 bits per heavy atom. The number of oxime groups is 1. The first kappa shape index (κ1) is 15.0. The van der Waals surface area contributed by atoms with Crippen molar-refractivity contribution >= 4 is 5.71 Å². The van der Waals surface area contributed by atoms with Crippen LogP contribution in [0, 0.1) is 0 Å². The number of ether oxygens (including phenoxy) is 1. The molecule has 0 spiro atoms. The molecule has 2 rings (SSSR count). The maximum absolute atomic E-state index is 9.69. The molecule has 1 aliphatic rings. The lowest BCUT2D eigenvalue weighted by atomic mass is 10.1. The van der Waals surface area contributed by atoms with E-state index >= 15 is 0 Å². The highest BCUT2D eigenvalue weighted by Crippen LogP contribution is 2.17. The van der Waals surface area contributed by atoms with Crippen molar-refractivity contribution in [1.82, 2.24) is 4.90 Å². The van der Waals surface area contributed by atoms with E-state index < -0.39 is 6.10 Å². The molecule has 5 heteroatoms. The minimum absolute atomic E-state index is 0.0463. The van der Waals surface area contributed by atoms with Crippen molar-refractivity contribution in [2.75, 3.05) is 33.9 Å². The summed E-state index contributed by atoms with van der Waals surface area (Å²) in [5.41, 5.74) is 2.10. The van der Waals surface area contributed by atoms with Gasteiger partial charge in [0.05, 0.1) is 18.4 Å². The molecule has 0 radical (unpaired) electrons. The maximum Gasteiger partial charge on any atom is 0.145 e. The Hall–Kier alpha value is -1.43. The van der Waals surface area contributed by atoms with Crippen molar-refractivity contribution in [3.05, 3.63) is 35.9 Å². The summed E-state index contributed by atoms with van der Waals surface area (Å²) in [7, 11) is 3.55. The Bertz CT molecular complexity index is 436. The lowest BCUT2D eigenvalue weighted by molar-refractivity contribution is 0.0198. The van der Waals surface area contributed by atoms with E-state index in [2.05, 4.69) is 5.16 Å². The monoisotopic (exact) mass is 278 g/mol. The SMILES string of the molecule is COC[C@H](O)CN(C)C[C@@H]1CC(c2ccccc2)=NO1. The molecule has 0 aromatic heterocycles. The lowest BCUT2D eigenvalue weighted by Gasteiger charge is -2.22. The van der Waals surface area contributed by atoms with Gasteiger partial charge in [0.15, 0.2) is 0 Å². The number of aliphatic hydroxyl groups is 1. The molecule has 0 aliphatic carbocycles. The average Bonchev–Trinajstić information content (AvgIpc) is 2.88. The molecule has 0 unspecified atom stereocenters. The number of hydrogen-bond acceptors (Lipinski definition) is 5. The molecule has 0 saturated carbocycles. The summed E-state index contributed by atoms with van der Waals surface area (Å²) in [5.74, 6) is 0. The Labute approximate surface area is 119 Å². The van der Waals surface area contributed by atoms with Gasteiger partial charge in [-0.1, -0.05) is 35.5 Å². The van der Waals surface area contributed by atoms with Crippen LogP contribution in [0.15, 0.2) is 35.5 Å². The molecular formula is C15H22N2O3. The van der Waals surface area contributed by atoms with Crippen molar-refractivity contribution in [1.29, 1.82) is 0 Å². The molecule has 2 atom stereocenters. The minimum Gasteiger partial charge on any atom is -0.390 e. The van der Waals surface area contributed by atoms with Crippen molar-refractivity contribution in [2.45, 2.75) is 18.6 Å². The summed E-state index contributed by atoms with van der Waals surface area (Å²) in [4.78, 5) is 7.51. The third-order valence-corrected chi connectivity index (χ3v) is 3.24. The number of methoxy groups -OCH3 is 1. The quantitative estimate of drug-likeness (QED) is 0.812. The summed E-state index contributed by atoms with van der Waals surface area (Å²) >= 11 is 0. The molecule has 0 bridgehead atoms. The minimum atomic E-state index is -0.471. The van der Waals surface area contributed by atoms with Gasteiger partial charge in [0, 0.05) is 26.6 Å². The van der Waals surface area contributed by atoms with Gasteiger partial charge in [-0.05, 0) is 12.6 Å². The van der Waals surface area contributed by atoms with Crippen molar-refractivity contribution < 1.29 is 14.7 Å². The van der Waals surface area contributed by atoms with E-state index in [0.717, 1.165) is 24.2 Å². The average molecular weight is 278 g/mol. The number of benzene rings is 1. The highest BCUT2D eigenvalue weighted by molar-refractivity contribution is 6.01. The predicted octanol–water partition coefficient (Wildman–Crippen LogP) is 1.12. The third kappa shape index (κ3) is 4.30. The van der Waals surface area contributed by atoms with Crippen LogP contribution in [0.3, 0.4) is 0 Å². The number of hydrogen-bond donors (Lipinski definition) is 1. The fourth-order valence-corrected chi connectivity index (χ4v) is 2.35. The Morgan fingerprint density at radius 1 is 1.45 bits per heavy atom. The fourth-order valence-electron chi connectivity index (χ4n) is 2.35. The molecule has 1 aromatic carbocycles. The predicted molar refractivity (Wildman–Crippen MR) is 77.8 cm³/mol. The zero-order valence-corrected chi connectivity index (χ0v) is 12.0. The molecule has 0 amide bonds. The van der Waals surface area contributed by atoms with Crippen LogP contribution in [0.1, 0.15) is 12.0 Å². The van der Waals surface area contributed by atoms with Gasteiger partial charge in [0.2, 0.25) is 0 Å². The number of aliphatic hydroxyl groups excluding tert-OH is 1. The molecule has 0 saturated heterocycles. The van der Waals surface area contributed by atoms with Crippen LogP contribution < -0.4 is 0 Å². The zero-order valence-electron chi connectivity index (χ0n) is 12.0. The second-order valence-corrected chi connectivity index (χ2v) is 5.17. The van der Waals surface area contributed by atoms with E-state index in [9.17, 15) is 5.11 Å². The number of likely N-dealkylation sites (N-methyl/N-ethyl adjacent to an activating group) is 1. The number of rotatable bonds is 7. The van der Waals surface area contributed by atoms with E-state index in [1.807, 2.05) is 42.3 Å². The second kappa shape index (κ2) is 7.38. The topological polar surface area (TPSA) is 54.3 Å². The molecule has 110 valence electrons. The smallest absolute Gasteiger partial charge is 0.145 e. The van der Waals surface area contributed by atoms with E-state index in [1.54, 1.807) is 7.11 Å².